The van der Waals surface area contributed by atoms with Crippen LogP contribution in [-0.4, -0.2) is 49.1 Å². The second kappa shape index (κ2) is 6.76. The van der Waals surface area contributed by atoms with Gasteiger partial charge in [0.15, 0.2) is 0 Å². The second-order valence-corrected chi connectivity index (χ2v) is 6.88. The van der Waals surface area contributed by atoms with E-state index < -0.39 is 5.91 Å². The van der Waals surface area contributed by atoms with E-state index in [1.165, 1.54) is 11.3 Å². The van der Waals surface area contributed by atoms with E-state index in [0.717, 1.165) is 39.0 Å². The summed E-state index contributed by atoms with van der Waals surface area (Å²) in [7, 11) is 0. The highest BCUT2D eigenvalue weighted by atomic mass is 32.1. The van der Waals surface area contributed by atoms with Gasteiger partial charge in [0.05, 0.1) is 18.7 Å². The molecule has 0 unspecified atom stereocenters. The van der Waals surface area contributed by atoms with Gasteiger partial charge < -0.3 is 15.8 Å². The van der Waals surface area contributed by atoms with Gasteiger partial charge in [0.25, 0.3) is 5.91 Å². The Hall–Kier alpha value is -1.44. The molecule has 120 valence electrons. The van der Waals surface area contributed by atoms with Gasteiger partial charge >= 0.3 is 0 Å². The third-order valence-corrected chi connectivity index (χ3v) is 4.94. The van der Waals surface area contributed by atoms with E-state index in [4.69, 9.17) is 10.5 Å². The van der Waals surface area contributed by atoms with Gasteiger partial charge in [-0.05, 0) is 36.6 Å². The quantitative estimate of drug-likeness (QED) is 0.792. The molecule has 1 aromatic heterocycles. The predicted molar refractivity (Wildman–Crippen MR) is 85.0 cm³/mol. The first-order valence-electron chi connectivity index (χ1n) is 7.62. The van der Waals surface area contributed by atoms with Crippen LogP contribution in [0.3, 0.4) is 0 Å². The molecule has 2 amide bonds. The minimum absolute atomic E-state index is 0.0873. The van der Waals surface area contributed by atoms with Crippen LogP contribution in [0.1, 0.15) is 29.6 Å². The summed E-state index contributed by atoms with van der Waals surface area (Å²) in [4.78, 5) is 25.8. The molecule has 1 saturated carbocycles. The molecule has 22 heavy (non-hydrogen) atoms. The molecule has 1 atom stereocenters. The van der Waals surface area contributed by atoms with Crippen molar-refractivity contribution in [3.05, 3.63) is 17.0 Å². The van der Waals surface area contributed by atoms with Crippen molar-refractivity contribution in [3.63, 3.8) is 0 Å². The van der Waals surface area contributed by atoms with Gasteiger partial charge in [-0.3, -0.25) is 14.5 Å². The number of ether oxygens (including phenoxy) is 1. The Kier molecular flexibility index (Phi) is 4.75. The number of hydrogen-bond donors (Lipinski definition) is 2. The summed E-state index contributed by atoms with van der Waals surface area (Å²) in [6.45, 7) is 2.89. The number of hydrogen-bond acceptors (Lipinski definition) is 5. The van der Waals surface area contributed by atoms with Crippen molar-refractivity contribution in [3.8, 4) is 0 Å². The van der Waals surface area contributed by atoms with Crippen LogP contribution < -0.4 is 11.1 Å². The van der Waals surface area contributed by atoms with Gasteiger partial charge in [0.1, 0.15) is 5.00 Å². The Morgan fingerprint density at radius 2 is 2.23 bits per heavy atom. The maximum Gasteiger partial charge on any atom is 0.251 e. The van der Waals surface area contributed by atoms with Crippen LogP contribution in [0, 0.1) is 5.92 Å². The Morgan fingerprint density at radius 1 is 1.41 bits per heavy atom. The van der Waals surface area contributed by atoms with Crippen molar-refractivity contribution < 1.29 is 14.3 Å². The summed E-state index contributed by atoms with van der Waals surface area (Å²) < 4.78 is 5.41. The van der Waals surface area contributed by atoms with Gasteiger partial charge in [-0.25, -0.2) is 0 Å². The largest absolute Gasteiger partial charge is 0.381 e. The number of nitrogens with two attached hydrogens (primary N) is 1. The zero-order valence-electron chi connectivity index (χ0n) is 12.4. The molecule has 0 aromatic carbocycles. The monoisotopic (exact) mass is 323 g/mol. The first kappa shape index (κ1) is 15.5. The van der Waals surface area contributed by atoms with Crippen LogP contribution in [0.2, 0.25) is 0 Å². The highest BCUT2D eigenvalue weighted by molar-refractivity contribution is 7.14. The zero-order chi connectivity index (χ0) is 15.5. The number of primary amides is 1. The third-order valence-electron chi connectivity index (χ3n) is 4.11. The fourth-order valence-electron chi connectivity index (χ4n) is 2.79. The summed E-state index contributed by atoms with van der Waals surface area (Å²) in [6, 6.07) is 2.15. The van der Waals surface area contributed by atoms with Crippen molar-refractivity contribution in [2.75, 3.05) is 31.6 Å². The van der Waals surface area contributed by atoms with Crippen LogP contribution in [0.15, 0.2) is 11.4 Å². The molecule has 6 nitrogen and oxygen atoms in total. The third kappa shape index (κ3) is 3.85. The SMILES string of the molecule is NC(=O)c1ccsc1NC(=O)CN(C[C@H]1CCOC1)C1CC1. The summed E-state index contributed by atoms with van der Waals surface area (Å²) in [5.74, 6) is -0.0780. The van der Waals surface area contributed by atoms with Crippen LogP contribution in [-0.2, 0) is 9.53 Å². The normalized spacial score (nSPS) is 21.2. The van der Waals surface area contributed by atoms with Gasteiger partial charge in [-0.2, -0.15) is 0 Å². The average Bonchev–Trinajstić information content (AvgIpc) is 2.99. The fourth-order valence-corrected chi connectivity index (χ4v) is 3.60. The van der Waals surface area contributed by atoms with E-state index in [-0.39, 0.29) is 5.91 Å². The van der Waals surface area contributed by atoms with Gasteiger partial charge in [0.2, 0.25) is 5.91 Å². The van der Waals surface area contributed by atoms with Crippen molar-refractivity contribution in [2.24, 2.45) is 11.7 Å². The molecule has 2 aliphatic rings. The smallest absolute Gasteiger partial charge is 0.251 e. The lowest BCUT2D eigenvalue weighted by molar-refractivity contribution is -0.117. The molecule has 3 rings (SSSR count). The average molecular weight is 323 g/mol. The van der Waals surface area contributed by atoms with E-state index >= 15 is 0 Å². The molecule has 0 spiro atoms. The van der Waals surface area contributed by atoms with Crippen molar-refractivity contribution in [1.82, 2.24) is 4.90 Å². The van der Waals surface area contributed by atoms with Crippen molar-refractivity contribution in [1.29, 1.82) is 0 Å². The fraction of sp³-hybridized carbons (Fsp3) is 0.600. The number of carbonyl (C=O) groups excluding carboxylic acids is 2. The number of nitrogens with one attached hydrogen (secondary N) is 1. The summed E-state index contributed by atoms with van der Waals surface area (Å²) in [5, 5.41) is 5.11. The molecule has 1 aliphatic carbocycles. The van der Waals surface area contributed by atoms with Crippen molar-refractivity contribution >= 4 is 28.2 Å². The lowest BCUT2D eigenvalue weighted by atomic mass is 10.1. The van der Waals surface area contributed by atoms with Crippen LogP contribution in [0.4, 0.5) is 5.00 Å². The minimum atomic E-state index is -0.515. The number of rotatable bonds is 7. The molecular formula is C15H21N3O3S. The van der Waals surface area contributed by atoms with Crippen LogP contribution >= 0.6 is 11.3 Å². The van der Waals surface area contributed by atoms with Gasteiger partial charge in [-0.1, -0.05) is 0 Å². The highest BCUT2D eigenvalue weighted by Crippen LogP contribution is 2.29. The zero-order valence-corrected chi connectivity index (χ0v) is 13.2. The summed E-state index contributed by atoms with van der Waals surface area (Å²) in [6.07, 6.45) is 3.39. The molecule has 1 saturated heterocycles. The molecule has 0 radical (unpaired) electrons. The molecule has 2 heterocycles. The topological polar surface area (TPSA) is 84.7 Å². The number of nitrogens with zero attached hydrogens (tertiary/aromatic N) is 1. The molecule has 1 aromatic rings. The molecule has 2 fully saturated rings. The Bertz CT molecular complexity index is 550. The first-order chi connectivity index (χ1) is 10.6. The van der Waals surface area contributed by atoms with E-state index in [0.29, 0.717) is 29.1 Å². The number of carbonyl (C=O) groups is 2. The second-order valence-electron chi connectivity index (χ2n) is 5.97. The van der Waals surface area contributed by atoms with Crippen LogP contribution in [0.5, 0.6) is 0 Å². The molecule has 3 N–H and O–H groups in total. The van der Waals surface area contributed by atoms with E-state index in [2.05, 4.69) is 10.2 Å². The molecule has 1 aliphatic heterocycles. The summed E-state index contributed by atoms with van der Waals surface area (Å²) >= 11 is 1.32. The standard InChI is InChI=1S/C15H21N3O3S/c16-14(20)12-4-6-22-15(12)17-13(19)8-18(11-1-2-11)7-10-3-5-21-9-10/h4,6,10-11H,1-3,5,7-9H2,(H2,16,20)(H,17,19)/t10-/m1/s1. The van der Waals surface area contributed by atoms with Crippen LogP contribution in [0.25, 0.3) is 0 Å². The lowest BCUT2D eigenvalue weighted by Gasteiger charge is -2.24. The Labute approximate surface area is 133 Å². The summed E-state index contributed by atoms with van der Waals surface area (Å²) in [5.41, 5.74) is 5.67. The Morgan fingerprint density at radius 3 is 2.86 bits per heavy atom. The molecule has 7 heteroatoms. The maximum atomic E-state index is 12.3. The van der Waals surface area contributed by atoms with Gasteiger partial charge in [0, 0.05) is 19.2 Å². The van der Waals surface area contributed by atoms with E-state index in [1.54, 1.807) is 11.4 Å². The first-order valence-corrected chi connectivity index (χ1v) is 8.50. The predicted octanol–water partition coefficient (Wildman–Crippen LogP) is 1.29. The van der Waals surface area contributed by atoms with Gasteiger partial charge in [-0.15, -0.1) is 11.3 Å². The maximum absolute atomic E-state index is 12.3. The van der Waals surface area contributed by atoms with E-state index in [9.17, 15) is 9.59 Å². The van der Waals surface area contributed by atoms with E-state index in [1.807, 2.05) is 0 Å². The Balaban J connectivity index is 1.56. The minimum Gasteiger partial charge on any atom is -0.381 e. The number of thiophene rings is 1. The highest BCUT2D eigenvalue weighted by Gasteiger charge is 2.32. The molecule has 0 bridgehead atoms. The lowest BCUT2D eigenvalue weighted by Crippen LogP contribution is -2.38. The molecular weight excluding hydrogens is 302 g/mol. The number of amides is 2. The number of anilines is 1. The van der Waals surface area contributed by atoms with Crippen molar-refractivity contribution in [2.45, 2.75) is 25.3 Å².